The minimum Gasteiger partial charge on any atom is -0.350 e. The summed E-state index contributed by atoms with van der Waals surface area (Å²) in [6.07, 6.45) is 4.50. The highest BCUT2D eigenvalue weighted by Crippen LogP contribution is 2.14. The van der Waals surface area contributed by atoms with E-state index in [4.69, 9.17) is 0 Å². The van der Waals surface area contributed by atoms with Crippen LogP contribution in [0.2, 0.25) is 0 Å². The third-order valence-electron chi connectivity index (χ3n) is 3.45. The van der Waals surface area contributed by atoms with Gasteiger partial charge in [-0.15, -0.1) is 0 Å². The van der Waals surface area contributed by atoms with Crippen molar-refractivity contribution in [1.82, 2.24) is 9.88 Å². The average Bonchev–Trinajstić information content (AvgIpc) is 2.87. The minimum absolute atomic E-state index is 0.414. The fraction of sp³-hybridized carbons (Fsp3) is 0.375. The summed E-state index contributed by atoms with van der Waals surface area (Å²) in [4.78, 5) is 0. The topological polar surface area (TPSA) is 17.0 Å². The number of rotatable bonds is 6. The summed E-state index contributed by atoms with van der Waals surface area (Å²) in [6.45, 7) is 3.28. The number of benzene rings is 1. The molecule has 1 heterocycles. The van der Waals surface area contributed by atoms with Gasteiger partial charge in [0.15, 0.2) is 0 Å². The lowest BCUT2D eigenvalue weighted by Crippen LogP contribution is -2.16. The Morgan fingerprint density at radius 3 is 2.61 bits per heavy atom. The van der Waals surface area contributed by atoms with E-state index in [9.17, 15) is 0 Å². The Balaban J connectivity index is 1.89. The second kappa shape index (κ2) is 6.41. The van der Waals surface area contributed by atoms with E-state index < -0.39 is 0 Å². The van der Waals surface area contributed by atoms with Crippen molar-refractivity contribution in [2.24, 2.45) is 0 Å². The maximum Gasteiger partial charge on any atom is 0.0443 e. The Hall–Kier alpha value is -1.54. The van der Waals surface area contributed by atoms with Crippen LogP contribution in [-0.2, 0) is 13.0 Å². The van der Waals surface area contributed by atoms with Gasteiger partial charge in [-0.1, -0.05) is 30.3 Å². The van der Waals surface area contributed by atoms with Crippen LogP contribution in [0.25, 0.3) is 0 Å². The van der Waals surface area contributed by atoms with E-state index in [1.807, 2.05) is 7.05 Å². The number of nitrogens with one attached hydrogen (secondary N) is 1. The van der Waals surface area contributed by atoms with E-state index in [0.29, 0.717) is 6.04 Å². The zero-order chi connectivity index (χ0) is 12.8. The molecule has 2 rings (SSSR count). The smallest absolute Gasteiger partial charge is 0.0443 e. The molecule has 0 aliphatic carbocycles. The van der Waals surface area contributed by atoms with Crippen LogP contribution in [0, 0.1) is 0 Å². The highest BCUT2D eigenvalue weighted by atomic mass is 15.0. The number of aromatic nitrogens is 1. The van der Waals surface area contributed by atoms with Gasteiger partial charge >= 0.3 is 0 Å². The molecule has 0 saturated carbocycles. The molecule has 0 fully saturated rings. The number of aryl methyl sites for hydroxylation is 2. The van der Waals surface area contributed by atoms with Gasteiger partial charge < -0.3 is 9.88 Å². The van der Waals surface area contributed by atoms with E-state index in [2.05, 4.69) is 65.5 Å². The van der Waals surface area contributed by atoms with Crippen LogP contribution in [-0.4, -0.2) is 11.6 Å². The van der Waals surface area contributed by atoms with Crippen molar-refractivity contribution >= 4 is 0 Å². The molecule has 1 aromatic carbocycles. The summed E-state index contributed by atoms with van der Waals surface area (Å²) >= 11 is 0. The molecule has 2 heteroatoms. The predicted molar refractivity (Wildman–Crippen MR) is 76.7 cm³/mol. The largest absolute Gasteiger partial charge is 0.350 e. The molecule has 1 N–H and O–H groups in total. The lowest BCUT2D eigenvalue weighted by molar-refractivity contribution is 0.552. The van der Waals surface area contributed by atoms with Crippen molar-refractivity contribution in [1.29, 1.82) is 0 Å². The molecular weight excluding hydrogens is 220 g/mol. The molecule has 96 valence electrons. The van der Waals surface area contributed by atoms with E-state index in [1.165, 1.54) is 17.7 Å². The first kappa shape index (κ1) is 12.9. The Bertz CT molecular complexity index is 459. The quantitative estimate of drug-likeness (QED) is 0.821. The first-order valence-corrected chi connectivity index (χ1v) is 6.67. The first-order chi connectivity index (χ1) is 8.81. The second-order valence-corrected chi connectivity index (χ2v) is 4.73. The maximum atomic E-state index is 3.29. The molecule has 2 aromatic rings. The van der Waals surface area contributed by atoms with Crippen molar-refractivity contribution in [3.8, 4) is 0 Å². The molecule has 0 aliphatic rings. The summed E-state index contributed by atoms with van der Waals surface area (Å²) in [7, 11) is 2.01. The molecule has 18 heavy (non-hydrogen) atoms. The van der Waals surface area contributed by atoms with Crippen LogP contribution in [0.15, 0.2) is 48.7 Å². The van der Waals surface area contributed by atoms with Gasteiger partial charge in [0.05, 0.1) is 0 Å². The van der Waals surface area contributed by atoms with E-state index in [-0.39, 0.29) is 0 Å². The lowest BCUT2D eigenvalue weighted by Gasteiger charge is -2.14. The van der Waals surface area contributed by atoms with Crippen molar-refractivity contribution in [3.05, 3.63) is 59.9 Å². The van der Waals surface area contributed by atoms with Crippen LogP contribution in [0.3, 0.4) is 0 Å². The van der Waals surface area contributed by atoms with E-state index in [1.54, 1.807) is 0 Å². The second-order valence-electron chi connectivity index (χ2n) is 4.73. The summed E-state index contributed by atoms with van der Waals surface area (Å²) in [5, 5.41) is 3.29. The normalized spacial score (nSPS) is 12.6. The van der Waals surface area contributed by atoms with Gasteiger partial charge in [0.25, 0.3) is 0 Å². The van der Waals surface area contributed by atoms with Crippen molar-refractivity contribution < 1.29 is 0 Å². The number of hydrogen-bond donors (Lipinski definition) is 1. The third-order valence-corrected chi connectivity index (χ3v) is 3.45. The van der Waals surface area contributed by atoms with Crippen LogP contribution in [0.4, 0.5) is 0 Å². The average molecular weight is 242 g/mol. The Labute approximate surface area is 110 Å². The Morgan fingerprint density at radius 2 is 1.89 bits per heavy atom. The van der Waals surface area contributed by atoms with Gasteiger partial charge in [0.2, 0.25) is 0 Å². The van der Waals surface area contributed by atoms with Gasteiger partial charge in [0.1, 0.15) is 0 Å². The molecule has 0 aliphatic heterocycles. The van der Waals surface area contributed by atoms with Gasteiger partial charge in [-0.25, -0.2) is 0 Å². The minimum atomic E-state index is 0.414. The molecule has 0 radical (unpaired) electrons. The molecule has 0 spiro atoms. The molecule has 1 unspecified atom stereocenters. The van der Waals surface area contributed by atoms with Gasteiger partial charge in [-0.3, -0.25) is 0 Å². The Kier molecular flexibility index (Phi) is 4.59. The Morgan fingerprint density at radius 1 is 1.11 bits per heavy atom. The predicted octanol–water partition coefficient (Wildman–Crippen LogP) is 3.40. The van der Waals surface area contributed by atoms with Crippen molar-refractivity contribution in [3.63, 3.8) is 0 Å². The molecule has 2 nitrogen and oxygen atoms in total. The molecule has 0 bridgehead atoms. The highest BCUT2D eigenvalue weighted by molar-refractivity contribution is 5.15. The SMILES string of the molecule is CNC(C)c1cccn1CCCc1ccccc1. The van der Waals surface area contributed by atoms with Crippen LogP contribution >= 0.6 is 0 Å². The van der Waals surface area contributed by atoms with Crippen molar-refractivity contribution in [2.45, 2.75) is 32.4 Å². The monoisotopic (exact) mass is 242 g/mol. The standard InChI is InChI=1S/C16H22N2/c1-14(17-2)16-11-7-13-18(16)12-6-10-15-8-4-3-5-9-15/h3-5,7-9,11,13-14,17H,6,10,12H2,1-2H3. The summed E-state index contributed by atoms with van der Waals surface area (Å²) < 4.78 is 2.35. The van der Waals surface area contributed by atoms with Crippen LogP contribution < -0.4 is 5.32 Å². The van der Waals surface area contributed by atoms with Gasteiger partial charge in [0, 0.05) is 24.5 Å². The number of hydrogen-bond acceptors (Lipinski definition) is 1. The fourth-order valence-corrected chi connectivity index (χ4v) is 2.27. The molecule has 1 atom stereocenters. The summed E-state index contributed by atoms with van der Waals surface area (Å²) in [6, 6.07) is 15.4. The molecule has 0 saturated heterocycles. The van der Waals surface area contributed by atoms with Crippen LogP contribution in [0.1, 0.15) is 30.6 Å². The van der Waals surface area contributed by atoms with Gasteiger partial charge in [-0.05, 0) is 44.5 Å². The lowest BCUT2D eigenvalue weighted by atomic mass is 10.1. The zero-order valence-corrected chi connectivity index (χ0v) is 11.3. The summed E-state index contributed by atoms with van der Waals surface area (Å²) in [5.74, 6) is 0. The first-order valence-electron chi connectivity index (χ1n) is 6.67. The van der Waals surface area contributed by atoms with Crippen molar-refractivity contribution in [2.75, 3.05) is 7.05 Å². The van der Waals surface area contributed by atoms with E-state index >= 15 is 0 Å². The van der Waals surface area contributed by atoms with Crippen LogP contribution in [0.5, 0.6) is 0 Å². The molecular formula is C16H22N2. The molecule has 1 aromatic heterocycles. The zero-order valence-electron chi connectivity index (χ0n) is 11.3. The van der Waals surface area contributed by atoms with Gasteiger partial charge in [-0.2, -0.15) is 0 Å². The third kappa shape index (κ3) is 3.23. The molecule has 0 amide bonds. The number of nitrogens with zero attached hydrogens (tertiary/aromatic N) is 1. The highest BCUT2D eigenvalue weighted by Gasteiger charge is 2.07. The fourth-order valence-electron chi connectivity index (χ4n) is 2.27. The van der Waals surface area contributed by atoms with E-state index in [0.717, 1.165) is 13.0 Å². The maximum absolute atomic E-state index is 3.29. The summed E-state index contributed by atoms with van der Waals surface area (Å²) in [5.41, 5.74) is 2.79.